The second-order valence-electron chi connectivity index (χ2n) is 5.16. The van der Waals surface area contributed by atoms with E-state index in [1.54, 1.807) is 49.7 Å². The zero-order valence-electron chi connectivity index (χ0n) is 13.4. The molecule has 1 heterocycles. The number of nitrogens with zero attached hydrogens (tertiary/aromatic N) is 1. The number of amides is 1. The quantitative estimate of drug-likeness (QED) is 0.677. The van der Waals surface area contributed by atoms with Gasteiger partial charge in [0.2, 0.25) is 5.91 Å². The Hall–Kier alpha value is -3.05. The van der Waals surface area contributed by atoms with E-state index >= 15 is 0 Å². The van der Waals surface area contributed by atoms with Crippen LogP contribution in [0, 0.1) is 0 Å². The van der Waals surface area contributed by atoms with E-state index in [-0.39, 0.29) is 5.91 Å². The molecule has 1 N–H and O–H groups in total. The van der Waals surface area contributed by atoms with E-state index in [4.69, 9.17) is 20.8 Å². The lowest BCUT2D eigenvalue weighted by molar-refractivity contribution is -0.111. The van der Waals surface area contributed by atoms with Crippen LogP contribution in [-0.4, -0.2) is 18.0 Å². The molecule has 0 aliphatic rings. The monoisotopic (exact) mass is 354 g/mol. The van der Waals surface area contributed by atoms with E-state index < -0.39 is 0 Å². The molecule has 2 aromatic carbocycles. The minimum atomic E-state index is -0.255. The molecule has 0 radical (unpaired) electrons. The first kappa shape index (κ1) is 16.8. The van der Waals surface area contributed by atoms with Gasteiger partial charge >= 0.3 is 0 Å². The van der Waals surface area contributed by atoms with Gasteiger partial charge in [0.05, 0.1) is 18.9 Å². The number of aromatic nitrogens is 1. The van der Waals surface area contributed by atoms with Crippen LogP contribution >= 0.6 is 11.6 Å². The predicted molar refractivity (Wildman–Crippen MR) is 97.6 cm³/mol. The normalized spacial score (nSPS) is 10.8. The first-order valence-electron chi connectivity index (χ1n) is 7.47. The van der Waals surface area contributed by atoms with Crippen LogP contribution in [0.1, 0.15) is 5.56 Å². The highest BCUT2D eigenvalue weighted by atomic mass is 35.5. The summed E-state index contributed by atoms with van der Waals surface area (Å²) in [5.74, 6) is 0.915. The summed E-state index contributed by atoms with van der Waals surface area (Å²) >= 11 is 5.92. The summed E-state index contributed by atoms with van der Waals surface area (Å²) in [6.45, 7) is 0. The molecule has 0 aliphatic heterocycles. The first-order chi connectivity index (χ1) is 12.2. The number of hydrogen-bond donors (Lipinski definition) is 1. The third-order valence-corrected chi connectivity index (χ3v) is 3.68. The molecule has 0 unspecified atom stereocenters. The summed E-state index contributed by atoms with van der Waals surface area (Å²) < 4.78 is 10.6. The average Bonchev–Trinajstić information content (AvgIpc) is 3.14. The maximum Gasteiger partial charge on any atom is 0.248 e. The number of halogens is 1. The van der Waals surface area contributed by atoms with Crippen LogP contribution in [0.4, 0.5) is 5.69 Å². The maximum atomic E-state index is 12.1. The van der Waals surface area contributed by atoms with E-state index in [9.17, 15) is 4.79 Å². The number of methoxy groups -OCH3 is 1. The zero-order chi connectivity index (χ0) is 17.6. The lowest BCUT2D eigenvalue weighted by atomic mass is 10.1. The van der Waals surface area contributed by atoms with Gasteiger partial charge in [-0.15, -0.1) is 0 Å². The number of ether oxygens (including phenoxy) is 1. The minimum Gasteiger partial charge on any atom is -0.496 e. The van der Waals surface area contributed by atoms with E-state index in [1.807, 2.05) is 12.1 Å². The Kier molecular flexibility index (Phi) is 5.16. The number of carbonyl (C=O) groups is 1. The molecule has 0 spiro atoms. The van der Waals surface area contributed by atoms with Crippen molar-refractivity contribution in [2.75, 3.05) is 12.4 Å². The number of anilines is 1. The molecule has 25 heavy (non-hydrogen) atoms. The molecule has 1 aromatic heterocycles. The van der Waals surface area contributed by atoms with Crippen LogP contribution in [0.5, 0.6) is 5.75 Å². The molecule has 126 valence electrons. The first-order valence-corrected chi connectivity index (χ1v) is 7.85. The van der Waals surface area contributed by atoms with Gasteiger partial charge in [-0.05, 0) is 35.9 Å². The van der Waals surface area contributed by atoms with Gasteiger partial charge in [0, 0.05) is 22.9 Å². The van der Waals surface area contributed by atoms with Crippen molar-refractivity contribution in [3.05, 3.63) is 71.7 Å². The van der Waals surface area contributed by atoms with Crippen LogP contribution in [0.3, 0.4) is 0 Å². The lowest BCUT2D eigenvalue weighted by Gasteiger charge is -2.09. The Bertz CT molecular complexity index is 905. The van der Waals surface area contributed by atoms with Gasteiger partial charge in [-0.25, -0.2) is 4.98 Å². The second kappa shape index (κ2) is 7.68. The average molecular weight is 355 g/mol. The predicted octanol–water partition coefficient (Wildman–Crippen LogP) is 4.66. The van der Waals surface area contributed by atoms with E-state index in [2.05, 4.69) is 10.3 Å². The Morgan fingerprint density at radius 1 is 1.28 bits per heavy atom. The molecule has 0 saturated heterocycles. The lowest BCUT2D eigenvalue weighted by Crippen LogP contribution is -2.07. The smallest absolute Gasteiger partial charge is 0.248 e. The van der Waals surface area contributed by atoms with Crippen LogP contribution in [-0.2, 0) is 4.79 Å². The van der Waals surface area contributed by atoms with Gasteiger partial charge in [-0.3, -0.25) is 4.79 Å². The Labute approximate surface area is 149 Å². The van der Waals surface area contributed by atoms with Gasteiger partial charge in [-0.2, -0.15) is 0 Å². The van der Waals surface area contributed by atoms with Crippen LogP contribution in [0.15, 0.2) is 65.5 Å². The summed E-state index contributed by atoms with van der Waals surface area (Å²) in [5, 5.41) is 3.41. The topological polar surface area (TPSA) is 64.4 Å². The van der Waals surface area contributed by atoms with E-state index in [0.29, 0.717) is 22.2 Å². The van der Waals surface area contributed by atoms with Crippen LogP contribution < -0.4 is 10.1 Å². The SMILES string of the molecule is COc1cc(NC(=O)/C=C/c2cccc(Cl)c2)ccc1-c1cnco1. The van der Waals surface area contributed by atoms with Crippen LogP contribution in [0.2, 0.25) is 5.02 Å². The number of benzene rings is 2. The molecule has 1 amide bonds. The van der Waals surface area contributed by atoms with Crippen molar-refractivity contribution >= 4 is 29.3 Å². The molecular weight excluding hydrogens is 340 g/mol. The molecule has 5 nitrogen and oxygen atoms in total. The fourth-order valence-corrected chi connectivity index (χ4v) is 2.49. The third-order valence-electron chi connectivity index (χ3n) is 3.44. The van der Waals surface area contributed by atoms with Gasteiger partial charge in [0.15, 0.2) is 12.2 Å². The minimum absolute atomic E-state index is 0.255. The summed E-state index contributed by atoms with van der Waals surface area (Å²) in [7, 11) is 1.56. The number of carbonyl (C=O) groups excluding carboxylic acids is 1. The molecule has 0 fully saturated rings. The van der Waals surface area contributed by atoms with Gasteiger partial charge in [-0.1, -0.05) is 23.7 Å². The molecule has 0 bridgehead atoms. The molecule has 0 atom stereocenters. The molecule has 3 aromatic rings. The standard InChI is InChI=1S/C19H15ClN2O3/c1-24-17-10-15(6-7-16(17)18-11-21-12-25-18)22-19(23)8-5-13-3-2-4-14(20)9-13/h2-12H,1H3,(H,22,23)/b8-5+. The Morgan fingerprint density at radius 3 is 2.88 bits per heavy atom. The van der Waals surface area contributed by atoms with Gasteiger partial charge in [0.25, 0.3) is 0 Å². The van der Waals surface area contributed by atoms with Crippen molar-refractivity contribution in [3.8, 4) is 17.1 Å². The molecular formula is C19H15ClN2O3. The van der Waals surface area contributed by atoms with Crippen molar-refractivity contribution in [3.63, 3.8) is 0 Å². The Morgan fingerprint density at radius 2 is 2.16 bits per heavy atom. The number of oxazole rings is 1. The highest BCUT2D eigenvalue weighted by Gasteiger charge is 2.10. The third kappa shape index (κ3) is 4.28. The highest BCUT2D eigenvalue weighted by Crippen LogP contribution is 2.32. The van der Waals surface area contributed by atoms with Crippen molar-refractivity contribution < 1.29 is 13.9 Å². The number of nitrogens with one attached hydrogen (secondary N) is 1. The second-order valence-corrected chi connectivity index (χ2v) is 5.59. The maximum absolute atomic E-state index is 12.1. The molecule has 3 rings (SSSR count). The summed E-state index contributed by atoms with van der Waals surface area (Å²) in [6.07, 6.45) is 6.10. The summed E-state index contributed by atoms with van der Waals surface area (Å²) in [5.41, 5.74) is 2.22. The Balaban J connectivity index is 1.73. The van der Waals surface area contributed by atoms with Crippen molar-refractivity contribution in [1.82, 2.24) is 4.98 Å². The molecule has 6 heteroatoms. The van der Waals surface area contributed by atoms with Crippen LogP contribution in [0.25, 0.3) is 17.4 Å². The number of rotatable bonds is 5. The zero-order valence-corrected chi connectivity index (χ0v) is 14.2. The highest BCUT2D eigenvalue weighted by molar-refractivity contribution is 6.30. The van der Waals surface area contributed by atoms with Gasteiger partial charge < -0.3 is 14.5 Å². The van der Waals surface area contributed by atoms with E-state index in [0.717, 1.165) is 11.1 Å². The van der Waals surface area contributed by atoms with Crippen molar-refractivity contribution in [1.29, 1.82) is 0 Å². The molecule has 0 saturated carbocycles. The fraction of sp³-hybridized carbons (Fsp3) is 0.0526. The number of hydrogen-bond acceptors (Lipinski definition) is 4. The molecule has 0 aliphatic carbocycles. The largest absolute Gasteiger partial charge is 0.496 e. The van der Waals surface area contributed by atoms with Crippen molar-refractivity contribution in [2.24, 2.45) is 0 Å². The summed E-state index contributed by atoms with van der Waals surface area (Å²) in [4.78, 5) is 16.0. The van der Waals surface area contributed by atoms with Gasteiger partial charge in [0.1, 0.15) is 5.75 Å². The fourth-order valence-electron chi connectivity index (χ4n) is 2.29. The van der Waals surface area contributed by atoms with Crippen molar-refractivity contribution in [2.45, 2.75) is 0 Å². The summed E-state index contributed by atoms with van der Waals surface area (Å²) in [6, 6.07) is 12.5. The van der Waals surface area contributed by atoms with E-state index in [1.165, 1.54) is 12.5 Å².